The molecule has 0 bridgehead atoms. The molecule has 2 aliphatic rings. The fraction of sp³-hybridized carbons (Fsp3) is 0.529. The molecule has 3 N–H and O–H groups in total. The van der Waals surface area contributed by atoms with Gasteiger partial charge in [-0.2, -0.15) is 0 Å². The fourth-order valence-corrected chi connectivity index (χ4v) is 2.56. The average molecular weight is 354 g/mol. The number of benzene rings is 1. The van der Waals surface area contributed by atoms with Gasteiger partial charge in [0.25, 0.3) is 5.91 Å². The number of ether oxygens (including phenoxy) is 1. The second kappa shape index (κ2) is 9.01. The maximum Gasteiger partial charge on any atom is 0.253 e. The number of rotatable bonds is 7. The lowest BCUT2D eigenvalue weighted by molar-refractivity contribution is -0.124. The van der Waals surface area contributed by atoms with E-state index in [2.05, 4.69) is 16.0 Å². The molecule has 2 fully saturated rings. The summed E-state index contributed by atoms with van der Waals surface area (Å²) in [5.41, 5.74) is 1.42. The summed E-state index contributed by atoms with van der Waals surface area (Å²) in [4.78, 5) is 23.7. The van der Waals surface area contributed by atoms with E-state index in [1.54, 1.807) is 24.3 Å². The van der Waals surface area contributed by atoms with Gasteiger partial charge in [0.05, 0.1) is 6.54 Å². The quantitative estimate of drug-likeness (QED) is 0.702. The van der Waals surface area contributed by atoms with Crippen molar-refractivity contribution in [3.8, 4) is 0 Å². The van der Waals surface area contributed by atoms with E-state index in [9.17, 15) is 9.59 Å². The molecule has 1 saturated carbocycles. The third kappa shape index (κ3) is 5.78. The number of hydrogen-bond acceptors (Lipinski definition) is 4. The van der Waals surface area contributed by atoms with Gasteiger partial charge in [0, 0.05) is 18.0 Å². The van der Waals surface area contributed by atoms with E-state index in [0.29, 0.717) is 18.8 Å². The van der Waals surface area contributed by atoms with E-state index in [0.717, 1.165) is 31.0 Å². The first-order valence-electron chi connectivity index (χ1n) is 8.24. The SMILES string of the molecule is Cl.O=C(CNCC1CC1)Nc1ccc(NC(=O)C2CCCO2)cc1. The molecule has 1 unspecified atom stereocenters. The highest BCUT2D eigenvalue weighted by Gasteiger charge is 2.23. The molecule has 1 heterocycles. The van der Waals surface area contributed by atoms with Crippen LogP contribution in [0.25, 0.3) is 0 Å². The maximum absolute atomic E-state index is 11.9. The van der Waals surface area contributed by atoms with Crippen molar-refractivity contribution in [1.29, 1.82) is 0 Å². The predicted octanol–water partition coefficient (Wildman–Crippen LogP) is 2.16. The number of anilines is 2. The zero-order chi connectivity index (χ0) is 16.1. The first-order chi connectivity index (χ1) is 11.2. The number of hydrogen-bond donors (Lipinski definition) is 3. The summed E-state index contributed by atoms with van der Waals surface area (Å²) in [5, 5.41) is 8.82. The Morgan fingerprint density at radius 2 is 1.71 bits per heavy atom. The van der Waals surface area contributed by atoms with Crippen molar-refractivity contribution in [3.63, 3.8) is 0 Å². The molecular formula is C17H24ClN3O3. The normalized spacial score (nSPS) is 19.4. The summed E-state index contributed by atoms with van der Waals surface area (Å²) in [6.07, 6.45) is 3.90. The molecule has 0 radical (unpaired) electrons. The van der Waals surface area contributed by atoms with Crippen LogP contribution in [0.4, 0.5) is 11.4 Å². The van der Waals surface area contributed by atoms with E-state index in [4.69, 9.17) is 4.74 Å². The lowest BCUT2D eigenvalue weighted by atomic mass is 10.2. The first-order valence-corrected chi connectivity index (χ1v) is 8.24. The van der Waals surface area contributed by atoms with Crippen LogP contribution in [0.2, 0.25) is 0 Å². The van der Waals surface area contributed by atoms with Crippen LogP contribution in [0.5, 0.6) is 0 Å². The monoisotopic (exact) mass is 353 g/mol. The molecule has 7 heteroatoms. The van der Waals surface area contributed by atoms with Crippen LogP contribution in [-0.2, 0) is 14.3 Å². The molecule has 1 aromatic carbocycles. The van der Waals surface area contributed by atoms with Crippen LogP contribution in [-0.4, -0.2) is 37.6 Å². The Labute approximate surface area is 148 Å². The van der Waals surface area contributed by atoms with Gasteiger partial charge in [0.2, 0.25) is 5.91 Å². The van der Waals surface area contributed by atoms with Gasteiger partial charge in [-0.3, -0.25) is 9.59 Å². The maximum atomic E-state index is 11.9. The molecule has 1 aromatic rings. The van der Waals surface area contributed by atoms with Gasteiger partial charge in [-0.05, 0) is 62.4 Å². The number of halogens is 1. The van der Waals surface area contributed by atoms with Crippen LogP contribution in [0.3, 0.4) is 0 Å². The average Bonchev–Trinajstić information content (AvgIpc) is 3.19. The highest BCUT2D eigenvalue weighted by atomic mass is 35.5. The highest BCUT2D eigenvalue weighted by molar-refractivity contribution is 5.95. The summed E-state index contributed by atoms with van der Waals surface area (Å²) < 4.78 is 5.35. The van der Waals surface area contributed by atoms with Crippen molar-refractivity contribution in [2.45, 2.75) is 31.8 Å². The van der Waals surface area contributed by atoms with Crippen molar-refractivity contribution in [1.82, 2.24) is 5.32 Å². The van der Waals surface area contributed by atoms with Crippen molar-refractivity contribution in [3.05, 3.63) is 24.3 Å². The lowest BCUT2D eigenvalue weighted by Crippen LogP contribution is -2.29. The van der Waals surface area contributed by atoms with Crippen LogP contribution in [0, 0.1) is 5.92 Å². The van der Waals surface area contributed by atoms with Crippen LogP contribution < -0.4 is 16.0 Å². The Morgan fingerprint density at radius 1 is 1.04 bits per heavy atom. The van der Waals surface area contributed by atoms with Gasteiger partial charge in [-0.1, -0.05) is 0 Å². The molecule has 6 nitrogen and oxygen atoms in total. The third-order valence-corrected chi connectivity index (χ3v) is 4.07. The van der Waals surface area contributed by atoms with Gasteiger partial charge in [0.15, 0.2) is 0 Å². The number of amides is 2. The minimum absolute atomic E-state index is 0. The van der Waals surface area contributed by atoms with Crippen LogP contribution in [0.1, 0.15) is 25.7 Å². The Morgan fingerprint density at radius 3 is 2.29 bits per heavy atom. The van der Waals surface area contributed by atoms with Crippen LogP contribution in [0.15, 0.2) is 24.3 Å². The van der Waals surface area contributed by atoms with Gasteiger partial charge >= 0.3 is 0 Å². The minimum atomic E-state index is -0.341. The molecule has 1 atom stereocenters. The molecule has 1 aliphatic carbocycles. The van der Waals surface area contributed by atoms with Gasteiger partial charge in [-0.25, -0.2) is 0 Å². The zero-order valence-corrected chi connectivity index (χ0v) is 14.4. The Kier molecular flexibility index (Phi) is 7.02. The first kappa shape index (κ1) is 18.7. The molecule has 1 aliphatic heterocycles. The van der Waals surface area contributed by atoms with Crippen LogP contribution >= 0.6 is 12.4 Å². The topological polar surface area (TPSA) is 79.5 Å². The number of carbonyl (C=O) groups is 2. The van der Waals surface area contributed by atoms with Crippen molar-refractivity contribution in [2.24, 2.45) is 5.92 Å². The summed E-state index contributed by atoms with van der Waals surface area (Å²) >= 11 is 0. The minimum Gasteiger partial charge on any atom is -0.368 e. The number of carbonyl (C=O) groups excluding carboxylic acids is 2. The molecule has 3 rings (SSSR count). The lowest BCUT2D eigenvalue weighted by Gasteiger charge is -2.11. The van der Waals surface area contributed by atoms with E-state index >= 15 is 0 Å². The highest BCUT2D eigenvalue weighted by Crippen LogP contribution is 2.27. The van der Waals surface area contributed by atoms with Gasteiger partial charge in [-0.15, -0.1) is 12.4 Å². The smallest absolute Gasteiger partial charge is 0.253 e. The van der Waals surface area contributed by atoms with E-state index < -0.39 is 0 Å². The van der Waals surface area contributed by atoms with E-state index in [1.165, 1.54) is 12.8 Å². The Hall–Kier alpha value is -1.63. The summed E-state index contributed by atoms with van der Waals surface area (Å²) in [5.74, 6) is 0.597. The Balaban J connectivity index is 0.00000208. The molecule has 24 heavy (non-hydrogen) atoms. The zero-order valence-electron chi connectivity index (χ0n) is 13.5. The van der Waals surface area contributed by atoms with E-state index in [-0.39, 0.29) is 30.3 Å². The van der Waals surface area contributed by atoms with E-state index in [1.807, 2.05) is 0 Å². The molecule has 0 aromatic heterocycles. The van der Waals surface area contributed by atoms with Gasteiger partial charge in [0.1, 0.15) is 6.10 Å². The Bertz CT molecular complexity index is 555. The third-order valence-electron chi connectivity index (χ3n) is 4.07. The summed E-state index contributed by atoms with van der Waals surface area (Å²) in [6, 6.07) is 7.12. The standard InChI is InChI=1S/C17H23N3O3.ClH/c21-16(11-18-10-12-3-4-12)19-13-5-7-14(8-6-13)20-17(22)15-2-1-9-23-15;/h5-8,12,15,18H,1-4,9-11H2,(H,19,21)(H,20,22);1H. The van der Waals surface area contributed by atoms with Crippen molar-refractivity contribution in [2.75, 3.05) is 30.3 Å². The fourth-order valence-electron chi connectivity index (χ4n) is 2.56. The molecular weight excluding hydrogens is 330 g/mol. The molecule has 0 spiro atoms. The van der Waals surface area contributed by atoms with Crippen molar-refractivity contribution < 1.29 is 14.3 Å². The predicted molar refractivity (Wildman–Crippen MR) is 95.5 cm³/mol. The summed E-state index contributed by atoms with van der Waals surface area (Å²) in [7, 11) is 0. The van der Waals surface area contributed by atoms with Gasteiger partial charge < -0.3 is 20.7 Å². The summed E-state index contributed by atoms with van der Waals surface area (Å²) in [6.45, 7) is 1.90. The van der Waals surface area contributed by atoms with Crippen molar-refractivity contribution >= 4 is 35.6 Å². The molecule has 2 amide bonds. The molecule has 1 saturated heterocycles. The second-order valence-corrected chi connectivity index (χ2v) is 6.19. The second-order valence-electron chi connectivity index (χ2n) is 6.19. The number of nitrogens with one attached hydrogen (secondary N) is 3. The largest absolute Gasteiger partial charge is 0.368 e. The molecule has 132 valence electrons.